The van der Waals surface area contributed by atoms with Crippen molar-refractivity contribution in [3.63, 3.8) is 0 Å². The van der Waals surface area contributed by atoms with Crippen molar-refractivity contribution in [2.45, 2.75) is 37.8 Å². The second-order valence-corrected chi connectivity index (χ2v) is 4.72. The van der Waals surface area contributed by atoms with E-state index >= 15 is 0 Å². The van der Waals surface area contributed by atoms with Crippen LogP contribution < -0.4 is 15.2 Å². The Morgan fingerprint density at radius 1 is 1.33 bits per heavy atom. The quantitative estimate of drug-likeness (QED) is 0.840. The van der Waals surface area contributed by atoms with Gasteiger partial charge in [-0.1, -0.05) is 6.07 Å². The Morgan fingerprint density at radius 2 is 2.06 bits per heavy atom. The lowest BCUT2D eigenvalue weighted by Gasteiger charge is -2.18. The van der Waals surface area contributed by atoms with Crippen LogP contribution in [0.5, 0.6) is 11.5 Å². The molecule has 0 bridgehead atoms. The monoisotopic (exact) mass is 251 g/mol. The molecular weight excluding hydrogens is 230 g/mol. The fourth-order valence-electron chi connectivity index (χ4n) is 2.31. The van der Waals surface area contributed by atoms with Crippen LogP contribution in [-0.4, -0.2) is 24.9 Å². The number of benzene rings is 1. The lowest BCUT2D eigenvalue weighted by Crippen LogP contribution is -2.16. The molecule has 1 aliphatic carbocycles. The van der Waals surface area contributed by atoms with Crippen molar-refractivity contribution in [2.24, 2.45) is 5.73 Å². The molecule has 0 spiro atoms. The van der Waals surface area contributed by atoms with Gasteiger partial charge >= 0.3 is 0 Å². The van der Waals surface area contributed by atoms with E-state index in [4.69, 9.17) is 20.3 Å². The van der Waals surface area contributed by atoms with Crippen LogP contribution in [0, 0.1) is 0 Å². The summed E-state index contributed by atoms with van der Waals surface area (Å²) in [4.78, 5) is 0. The first-order valence-corrected chi connectivity index (χ1v) is 6.45. The average molecular weight is 251 g/mol. The zero-order valence-electron chi connectivity index (χ0n) is 10.8. The first-order chi connectivity index (χ1) is 8.74. The summed E-state index contributed by atoms with van der Waals surface area (Å²) < 4.78 is 11.3. The molecule has 2 rings (SSSR count). The SMILES string of the molecule is COc1ccc([C@H](N)CO)cc1OC1CCCC1. The molecule has 1 aromatic rings. The minimum absolute atomic E-state index is 0.0742. The topological polar surface area (TPSA) is 64.7 Å². The third-order valence-electron chi connectivity index (χ3n) is 3.41. The van der Waals surface area contributed by atoms with E-state index in [0.29, 0.717) is 0 Å². The van der Waals surface area contributed by atoms with E-state index in [0.717, 1.165) is 29.9 Å². The Balaban J connectivity index is 2.18. The summed E-state index contributed by atoms with van der Waals surface area (Å²) in [6.45, 7) is -0.0742. The summed E-state index contributed by atoms with van der Waals surface area (Å²) in [6, 6.07) is 5.20. The van der Waals surface area contributed by atoms with Crippen molar-refractivity contribution >= 4 is 0 Å². The first kappa shape index (κ1) is 13.2. The number of aliphatic hydroxyl groups excluding tert-OH is 1. The van der Waals surface area contributed by atoms with Gasteiger partial charge in [0, 0.05) is 0 Å². The van der Waals surface area contributed by atoms with Crippen molar-refractivity contribution in [3.8, 4) is 11.5 Å². The van der Waals surface area contributed by atoms with E-state index in [1.807, 2.05) is 18.2 Å². The van der Waals surface area contributed by atoms with Gasteiger partial charge in [0.25, 0.3) is 0 Å². The summed E-state index contributed by atoms with van der Waals surface area (Å²) in [6.07, 6.45) is 4.92. The molecule has 0 heterocycles. The van der Waals surface area contributed by atoms with Crippen molar-refractivity contribution in [3.05, 3.63) is 23.8 Å². The summed E-state index contributed by atoms with van der Waals surface area (Å²) in [5.41, 5.74) is 6.68. The number of ether oxygens (including phenoxy) is 2. The third-order valence-corrected chi connectivity index (χ3v) is 3.41. The van der Waals surface area contributed by atoms with E-state index in [1.165, 1.54) is 12.8 Å². The molecule has 0 aliphatic heterocycles. The Kier molecular flexibility index (Phi) is 4.44. The smallest absolute Gasteiger partial charge is 0.161 e. The van der Waals surface area contributed by atoms with Crippen LogP contribution in [0.2, 0.25) is 0 Å². The van der Waals surface area contributed by atoms with Gasteiger partial charge in [0.15, 0.2) is 11.5 Å². The molecule has 0 aromatic heterocycles. The Hall–Kier alpha value is -1.26. The van der Waals surface area contributed by atoms with E-state index in [9.17, 15) is 0 Å². The van der Waals surface area contributed by atoms with Crippen molar-refractivity contribution < 1.29 is 14.6 Å². The van der Waals surface area contributed by atoms with E-state index in [1.54, 1.807) is 7.11 Å². The van der Waals surface area contributed by atoms with Crippen LogP contribution in [0.1, 0.15) is 37.3 Å². The van der Waals surface area contributed by atoms with Gasteiger partial charge in [0.05, 0.1) is 25.9 Å². The number of methoxy groups -OCH3 is 1. The maximum absolute atomic E-state index is 9.09. The summed E-state index contributed by atoms with van der Waals surface area (Å²) in [5, 5.41) is 9.09. The molecule has 0 radical (unpaired) electrons. The van der Waals surface area contributed by atoms with E-state index < -0.39 is 0 Å². The number of aliphatic hydroxyl groups is 1. The molecule has 1 aliphatic rings. The van der Waals surface area contributed by atoms with E-state index in [-0.39, 0.29) is 18.8 Å². The second kappa shape index (κ2) is 6.07. The van der Waals surface area contributed by atoms with Crippen LogP contribution >= 0.6 is 0 Å². The molecule has 0 saturated heterocycles. The highest BCUT2D eigenvalue weighted by Gasteiger charge is 2.19. The van der Waals surface area contributed by atoms with Crippen molar-refractivity contribution in [1.82, 2.24) is 0 Å². The highest BCUT2D eigenvalue weighted by atomic mass is 16.5. The molecule has 100 valence electrons. The number of nitrogens with two attached hydrogens (primary N) is 1. The van der Waals surface area contributed by atoms with E-state index in [2.05, 4.69) is 0 Å². The van der Waals surface area contributed by atoms with Gasteiger partial charge in [0.2, 0.25) is 0 Å². The molecule has 1 atom stereocenters. The molecular formula is C14H21NO3. The minimum atomic E-state index is -0.373. The Bertz CT molecular complexity index is 389. The predicted molar refractivity (Wildman–Crippen MR) is 69.9 cm³/mol. The Labute approximate surface area is 108 Å². The zero-order valence-corrected chi connectivity index (χ0v) is 10.8. The lowest BCUT2D eigenvalue weighted by molar-refractivity contribution is 0.200. The number of hydrogen-bond donors (Lipinski definition) is 2. The van der Waals surface area contributed by atoms with Gasteiger partial charge in [0.1, 0.15) is 0 Å². The standard InChI is InChI=1S/C14H21NO3/c1-17-13-7-6-10(12(15)9-16)8-14(13)18-11-4-2-3-5-11/h6-8,11-12,16H,2-5,9,15H2,1H3/t12-/m1/s1. The van der Waals surface area contributed by atoms with Crippen LogP contribution in [0.15, 0.2) is 18.2 Å². The molecule has 18 heavy (non-hydrogen) atoms. The fourth-order valence-corrected chi connectivity index (χ4v) is 2.31. The number of rotatable bonds is 5. The summed E-state index contributed by atoms with van der Waals surface area (Å²) >= 11 is 0. The van der Waals surface area contributed by atoms with Gasteiger partial charge in [-0.2, -0.15) is 0 Å². The maximum atomic E-state index is 9.09. The molecule has 0 amide bonds. The first-order valence-electron chi connectivity index (χ1n) is 6.45. The van der Waals surface area contributed by atoms with Crippen LogP contribution in [-0.2, 0) is 0 Å². The van der Waals surface area contributed by atoms with Crippen LogP contribution in [0.25, 0.3) is 0 Å². The third kappa shape index (κ3) is 2.94. The van der Waals surface area contributed by atoms with Gasteiger partial charge in [-0.05, 0) is 43.4 Å². The lowest BCUT2D eigenvalue weighted by atomic mass is 10.1. The molecule has 4 nitrogen and oxygen atoms in total. The molecule has 1 fully saturated rings. The highest BCUT2D eigenvalue weighted by Crippen LogP contribution is 2.33. The predicted octanol–water partition coefficient (Wildman–Crippen LogP) is 2.01. The molecule has 1 aromatic carbocycles. The van der Waals surface area contributed by atoms with Crippen molar-refractivity contribution in [1.29, 1.82) is 0 Å². The van der Waals surface area contributed by atoms with Crippen LogP contribution in [0.3, 0.4) is 0 Å². The normalized spacial score (nSPS) is 17.7. The van der Waals surface area contributed by atoms with Gasteiger partial charge in [-0.25, -0.2) is 0 Å². The number of hydrogen-bond acceptors (Lipinski definition) is 4. The van der Waals surface area contributed by atoms with Crippen LogP contribution in [0.4, 0.5) is 0 Å². The average Bonchev–Trinajstić information content (AvgIpc) is 2.90. The highest BCUT2D eigenvalue weighted by molar-refractivity contribution is 5.44. The summed E-state index contributed by atoms with van der Waals surface area (Å²) in [7, 11) is 1.63. The maximum Gasteiger partial charge on any atom is 0.161 e. The Morgan fingerprint density at radius 3 is 2.67 bits per heavy atom. The zero-order chi connectivity index (χ0) is 13.0. The van der Waals surface area contributed by atoms with Gasteiger partial charge in [-0.15, -0.1) is 0 Å². The molecule has 3 N–H and O–H groups in total. The van der Waals surface area contributed by atoms with Gasteiger partial charge in [-0.3, -0.25) is 0 Å². The van der Waals surface area contributed by atoms with Crippen molar-refractivity contribution in [2.75, 3.05) is 13.7 Å². The molecule has 4 heteroatoms. The minimum Gasteiger partial charge on any atom is -0.493 e. The molecule has 0 unspecified atom stereocenters. The van der Waals surface area contributed by atoms with Gasteiger partial charge < -0.3 is 20.3 Å². The second-order valence-electron chi connectivity index (χ2n) is 4.72. The summed E-state index contributed by atoms with van der Waals surface area (Å²) in [5.74, 6) is 1.45. The molecule has 1 saturated carbocycles. The largest absolute Gasteiger partial charge is 0.493 e. The fraction of sp³-hybridized carbons (Fsp3) is 0.571.